The van der Waals surface area contributed by atoms with E-state index in [9.17, 15) is 0 Å². The van der Waals surface area contributed by atoms with Gasteiger partial charge in [-0.25, -0.2) is 4.98 Å². The summed E-state index contributed by atoms with van der Waals surface area (Å²) >= 11 is 0. The zero-order valence-electron chi connectivity index (χ0n) is 11.5. The van der Waals surface area contributed by atoms with Crippen molar-refractivity contribution in [3.63, 3.8) is 0 Å². The van der Waals surface area contributed by atoms with Gasteiger partial charge in [-0.2, -0.15) is 0 Å². The second-order valence-electron chi connectivity index (χ2n) is 4.78. The fourth-order valence-corrected chi connectivity index (χ4v) is 2.44. The molecule has 0 amide bonds. The van der Waals surface area contributed by atoms with Gasteiger partial charge in [0.25, 0.3) is 0 Å². The topological polar surface area (TPSA) is 53.6 Å². The monoisotopic (exact) mass is 266 g/mol. The molecule has 0 saturated carbocycles. The molecule has 0 fully saturated rings. The minimum Gasteiger partial charge on any atom is -0.347 e. The number of nitrogens with zero attached hydrogens (tertiary/aromatic N) is 2. The summed E-state index contributed by atoms with van der Waals surface area (Å²) in [6, 6.07) is 10.4. The van der Waals surface area contributed by atoms with E-state index in [0.29, 0.717) is 0 Å². The van der Waals surface area contributed by atoms with Crippen LogP contribution in [-0.2, 0) is 0 Å². The maximum atomic E-state index is 4.54. The zero-order chi connectivity index (χ0) is 13.8. The van der Waals surface area contributed by atoms with Gasteiger partial charge in [-0.1, -0.05) is 31.2 Å². The largest absolute Gasteiger partial charge is 0.347 e. The van der Waals surface area contributed by atoms with Crippen LogP contribution in [0.4, 0.5) is 0 Å². The van der Waals surface area contributed by atoms with Gasteiger partial charge in [0.05, 0.1) is 11.6 Å². The second-order valence-corrected chi connectivity index (χ2v) is 4.78. The molecule has 0 spiro atoms. The molecule has 0 aliphatic heterocycles. The summed E-state index contributed by atoms with van der Waals surface area (Å²) in [5, 5.41) is 4.70. The number of pyridine rings is 1. The fraction of sp³-hybridized carbons (Fsp3) is 0.250. The van der Waals surface area contributed by atoms with E-state index in [0.717, 1.165) is 35.3 Å². The molecular weight excluding hydrogens is 248 g/mol. The third-order valence-electron chi connectivity index (χ3n) is 3.37. The van der Waals surface area contributed by atoms with E-state index >= 15 is 0 Å². The average Bonchev–Trinajstić information content (AvgIpc) is 3.02. The van der Waals surface area contributed by atoms with Gasteiger partial charge in [0.1, 0.15) is 5.82 Å². The SMILES string of the molecule is CCCNC(c1ncc[nH]1)c1cccc2cccnc12. The lowest BCUT2D eigenvalue weighted by Gasteiger charge is -2.18. The van der Waals surface area contributed by atoms with Crippen molar-refractivity contribution < 1.29 is 0 Å². The summed E-state index contributed by atoms with van der Waals surface area (Å²) in [6.45, 7) is 3.10. The van der Waals surface area contributed by atoms with Crippen LogP contribution in [0.5, 0.6) is 0 Å². The molecule has 4 heteroatoms. The van der Waals surface area contributed by atoms with Crippen LogP contribution in [0.1, 0.15) is 30.8 Å². The summed E-state index contributed by atoms with van der Waals surface area (Å²) in [5.41, 5.74) is 2.19. The highest BCUT2D eigenvalue weighted by atomic mass is 15.0. The van der Waals surface area contributed by atoms with Gasteiger partial charge >= 0.3 is 0 Å². The molecule has 102 valence electrons. The van der Waals surface area contributed by atoms with Crippen LogP contribution in [0.25, 0.3) is 10.9 Å². The predicted molar refractivity (Wildman–Crippen MR) is 80.5 cm³/mol. The number of hydrogen-bond donors (Lipinski definition) is 2. The van der Waals surface area contributed by atoms with E-state index in [2.05, 4.69) is 51.5 Å². The van der Waals surface area contributed by atoms with E-state index in [1.54, 1.807) is 6.20 Å². The first-order valence-electron chi connectivity index (χ1n) is 6.96. The van der Waals surface area contributed by atoms with Crippen LogP contribution in [0.2, 0.25) is 0 Å². The smallest absolute Gasteiger partial charge is 0.127 e. The van der Waals surface area contributed by atoms with E-state index in [4.69, 9.17) is 0 Å². The molecule has 2 aromatic heterocycles. The van der Waals surface area contributed by atoms with Gasteiger partial charge in [0, 0.05) is 29.5 Å². The Balaban J connectivity index is 2.09. The molecule has 2 heterocycles. The molecule has 20 heavy (non-hydrogen) atoms. The molecule has 0 radical (unpaired) electrons. The quantitative estimate of drug-likeness (QED) is 0.746. The molecule has 1 atom stereocenters. The average molecular weight is 266 g/mol. The second kappa shape index (κ2) is 5.84. The Morgan fingerprint density at radius 2 is 2.05 bits per heavy atom. The number of nitrogens with one attached hydrogen (secondary N) is 2. The first kappa shape index (κ1) is 12.8. The Kier molecular flexibility index (Phi) is 3.74. The molecule has 3 rings (SSSR count). The normalized spacial score (nSPS) is 12.7. The van der Waals surface area contributed by atoms with Crippen LogP contribution < -0.4 is 5.32 Å². The van der Waals surface area contributed by atoms with E-state index in [1.165, 1.54) is 0 Å². The summed E-state index contributed by atoms with van der Waals surface area (Å²) < 4.78 is 0. The highest BCUT2D eigenvalue weighted by molar-refractivity contribution is 5.82. The van der Waals surface area contributed by atoms with Crippen molar-refractivity contribution in [1.82, 2.24) is 20.3 Å². The van der Waals surface area contributed by atoms with Crippen molar-refractivity contribution in [3.05, 3.63) is 60.3 Å². The molecule has 2 N–H and O–H groups in total. The summed E-state index contributed by atoms with van der Waals surface area (Å²) in [4.78, 5) is 12.2. The van der Waals surface area contributed by atoms with Gasteiger partial charge in [-0.15, -0.1) is 0 Å². The van der Waals surface area contributed by atoms with Crippen molar-refractivity contribution in [2.24, 2.45) is 0 Å². The molecule has 4 nitrogen and oxygen atoms in total. The third-order valence-corrected chi connectivity index (χ3v) is 3.37. The molecule has 0 aliphatic carbocycles. The summed E-state index contributed by atoms with van der Waals surface area (Å²) in [5.74, 6) is 0.927. The predicted octanol–water partition coefficient (Wildman–Crippen LogP) is 3.05. The zero-order valence-corrected chi connectivity index (χ0v) is 11.5. The van der Waals surface area contributed by atoms with Gasteiger partial charge < -0.3 is 10.3 Å². The minimum atomic E-state index is 0.0450. The Morgan fingerprint density at radius 3 is 2.85 bits per heavy atom. The van der Waals surface area contributed by atoms with Crippen LogP contribution in [0, 0.1) is 0 Å². The fourth-order valence-electron chi connectivity index (χ4n) is 2.44. The molecule has 1 aromatic carbocycles. The van der Waals surface area contributed by atoms with E-state index < -0.39 is 0 Å². The lowest BCUT2D eigenvalue weighted by atomic mass is 10.0. The van der Waals surface area contributed by atoms with Crippen LogP contribution in [-0.4, -0.2) is 21.5 Å². The molecular formula is C16H18N4. The summed E-state index contributed by atoms with van der Waals surface area (Å²) in [6.07, 6.45) is 6.56. The molecule has 0 saturated heterocycles. The number of aromatic nitrogens is 3. The molecule has 3 aromatic rings. The lowest BCUT2D eigenvalue weighted by molar-refractivity contribution is 0.579. The van der Waals surface area contributed by atoms with Crippen molar-refractivity contribution in [2.45, 2.75) is 19.4 Å². The molecule has 1 unspecified atom stereocenters. The van der Waals surface area contributed by atoms with Gasteiger partial charge in [-0.3, -0.25) is 4.98 Å². The van der Waals surface area contributed by atoms with Crippen molar-refractivity contribution in [2.75, 3.05) is 6.54 Å². The first-order chi connectivity index (χ1) is 9.90. The standard InChI is InChI=1S/C16H18N4/c1-2-8-17-15(16-19-10-11-20-16)13-7-3-5-12-6-4-9-18-14(12)13/h3-7,9-11,15,17H,2,8H2,1H3,(H,19,20). The highest BCUT2D eigenvalue weighted by Crippen LogP contribution is 2.25. The maximum Gasteiger partial charge on any atom is 0.127 e. The third kappa shape index (κ3) is 2.42. The number of fused-ring (bicyclic) bond motifs is 1. The van der Waals surface area contributed by atoms with E-state index in [-0.39, 0.29) is 6.04 Å². The number of aromatic amines is 1. The summed E-state index contributed by atoms with van der Waals surface area (Å²) in [7, 11) is 0. The number of imidazole rings is 1. The van der Waals surface area contributed by atoms with Crippen LogP contribution in [0.15, 0.2) is 48.9 Å². The molecule has 0 bridgehead atoms. The van der Waals surface area contributed by atoms with Crippen molar-refractivity contribution in [1.29, 1.82) is 0 Å². The van der Waals surface area contributed by atoms with Crippen LogP contribution >= 0.6 is 0 Å². The Labute approximate surface area is 118 Å². The number of hydrogen-bond acceptors (Lipinski definition) is 3. The van der Waals surface area contributed by atoms with E-state index in [1.807, 2.05) is 18.5 Å². The maximum absolute atomic E-state index is 4.54. The number of H-pyrrole nitrogens is 1. The first-order valence-corrected chi connectivity index (χ1v) is 6.96. The van der Waals surface area contributed by atoms with Gasteiger partial charge in [0.15, 0.2) is 0 Å². The van der Waals surface area contributed by atoms with Crippen LogP contribution in [0.3, 0.4) is 0 Å². The van der Waals surface area contributed by atoms with Crippen molar-refractivity contribution >= 4 is 10.9 Å². The number of rotatable bonds is 5. The molecule has 0 aliphatic rings. The minimum absolute atomic E-state index is 0.0450. The van der Waals surface area contributed by atoms with Crippen molar-refractivity contribution in [3.8, 4) is 0 Å². The Bertz CT molecular complexity index is 671. The van der Waals surface area contributed by atoms with Gasteiger partial charge in [-0.05, 0) is 19.0 Å². The highest BCUT2D eigenvalue weighted by Gasteiger charge is 2.18. The Hall–Kier alpha value is -2.20. The van der Waals surface area contributed by atoms with Gasteiger partial charge in [0.2, 0.25) is 0 Å². The number of para-hydroxylation sites is 1. The lowest BCUT2D eigenvalue weighted by Crippen LogP contribution is -2.24. The number of benzene rings is 1. The Morgan fingerprint density at radius 1 is 1.15 bits per heavy atom.